The van der Waals surface area contributed by atoms with Crippen LogP contribution in [0.4, 0.5) is 4.79 Å². The van der Waals surface area contributed by atoms with Gasteiger partial charge < -0.3 is 15.1 Å². The minimum Gasteiger partial charge on any atom is -0.342 e. The van der Waals surface area contributed by atoms with Crippen LogP contribution in [0.15, 0.2) is 0 Å². The zero-order chi connectivity index (χ0) is 18.0. The summed E-state index contributed by atoms with van der Waals surface area (Å²) in [4.78, 5) is 29.2. The van der Waals surface area contributed by atoms with Crippen molar-refractivity contribution < 1.29 is 9.59 Å². The molecule has 3 amide bonds. The van der Waals surface area contributed by atoms with E-state index in [2.05, 4.69) is 10.2 Å². The summed E-state index contributed by atoms with van der Waals surface area (Å²) in [6, 6.07) is 0.533. The van der Waals surface area contributed by atoms with Gasteiger partial charge in [0.2, 0.25) is 5.91 Å². The Labute approximate surface area is 157 Å². The van der Waals surface area contributed by atoms with E-state index in [0.29, 0.717) is 18.4 Å². The van der Waals surface area contributed by atoms with Crippen LogP contribution in [0.2, 0.25) is 0 Å². The Morgan fingerprint density at radius 3 is 2.35 bits per heavy atom. The summed E-state index contributed by atoms with van der Waals surface area (Å²) in [5, 5.41) is 3.26. The van der Waals surface area contributed by atoms with E-state index in [1.165, 1.54) is 32.1 Å². The lowest BCUT2D eigenvalue weighted by atomic mass is 9.73. The van der Waals surface area contributed by atoms with Crippen LogP contribution in [-0.4, -0.2) is 54.0 Å². The topological polar surface area (TPSA) is 52.7 Å². The first-order chi connectivity index (χ1) is 12.6. The Morgan fingerprint density at radius 2 is 1.65 bits per heavy atom. The molecule has 2 saturated carbocycles. The Hall–Kier alpha value is -1.26. The van der Waals surface area contributed by atoms with Crippen molar-refractivity contribution >= 4 is 11.9 Å². The normalized spacial score (nSPS) is 27.5. The van der Waals surface area contributed by atoms with Gasteiger partial charge in [-0.25, -0.2) is 4.79 Å². The van der Waals surface area contributed by atoms with Crippen molar-refractivity contribution in [2.24, 2.45) is 11.3 Å². The van der Waals surface area contributed by atoms with Gasteiger partial charge >= 0.3 is 6.03 Å². The van der Waals surface area contributed by atoms with E-state index in [-0.39, 0.29) is 11.4 Å². The molecule has 4 aliphatic rings. The van der Waals surface area contributed by atoms with E-state index in [1.807, 2.05) is 4.90 Å². The van der Waals surface area contributed by atoms with Crippen molar-refractivity contribution in [3.05, 3.63) is 0 Å². The minimum atomic E-state index is 0.145. The molecular weight excluding hydrogens is 326 g/mol. The van der Waals surface area contributed by atoms with Gasteiger partial charge in [0.25, 0.3) is 0 Å². The summed E-state index contributed by atoms with van der Waals surface area (Å²) < 4.78 is 0. The molecule has 4 rings (SSSR count). The van der Waals surface area contributed by atoms with Gasteiger partial charge in [-0.15, -0.1) is 0 Å². The van der Waals surface area contributed by atoms with Crippen LogP contribution in [0, 0.1) is 11.3 Å². The standard InChI is InChI=1S/C21H35N3O2/c25-19-8-9-21(12-15-24(19)16-17-6-7-17)10-13-23(14-11-21)20(26)22-18-4-2-1-3-5-18/h17-18H,1-16H2,(H,22,26). The van der Waals surface area contributed by atoms with Crippen LogP contribution in [0.3, 0.4) is 0 Å². The fraction of sp³-hybridized carbons (Fsp3) is 0.905. The number of rotatable bonds is 3. The van der Waals surface area contributed by atoms with Crippen molar-refractivity contribution in [3.63, 3.8) is 0 Å². The van der Waals surface area contributed by atoms with Crippen LogP contribution in [0.25, 0.3) is 0 Å². The highest BCUT2D eigenvalue weighted by Crippen LogP contribution is 2.42. The van der Waals surface area contributed by atoms with Crippen LogP contribution in [0.1, 0.15) is 77.0 Å². The molecule has 0 aromatic heterocycles. The third-order valence-corrected chi connectivity index (χ3v) is 7.35. The lowest BCUT2D eigenvalue weighted by molar-refractivity contribution is -0.130. The van der Waals surface area contributed by atoms with Crippen LogP contribution < -0.4 is 5.32 Å². The van der Waals surface area contributed by atoms with Crippen LogP contribution in [-0.2, 0) is 4.79 Å². The van der Waals surface area contributed by atoms with Gasteiger partial charge in [0, 0.05) is 38.6 Å². The zero-order valence-corrected chi connectivity index (χ0v) is 16.2. The van der Waals surface area contributed by atoms with Gasteiger partial charge in [-0.05, 0) is 62.7 Å². The van der Waals surface area contributed by atoms with Gasteiger partial charge in [-0.1, -0.05) is 19.3 Å². The Balaban J connectivity index is 1.26. The molecule has 0 unspecified atom stereocenters. The summed E-state index contributed by atoms with van der Waals surface area (Å²) in [6.07, 6.45) is 13.7. The van der Waals surface area contributed by atoms with E-state index >= 15 is 0 Å². The number of carbonyl (C=O) groups excluding carboxylic acids is 2. The van der Waals surface area contributed by atoms with Crippen molar-refractivity contribution in [1.29, 1.82) is 0 Å². The van der Waals surface area contributed by atoms with Gasteiger partial charge in [-0.3, -0.25) is 4.79 Å². The molecule has 0 radical (unpaired) electrons. The summed E-state index contributed by atoms with van der Waals surface area (Å²) in [5.41, 5.74) is 0.287. The SMILES string of the molecule is O=C1CCC2(CCN1CC1CC1)CCN(C(=O)NC1CCCCC1)CC2. The molecule has 26 heavy (non-hydrogen) atoms. The maximum Gasteiger partial charge on any atom is 0.317 e. The molecule has 4 fully saturated rings. The highest BCUT2D eigenvalue weighted by molar-refractivity contribution is 5.76. The summed E-state index contributed by atoms with van der Waals surface area (Å²) in [7, 11) is 0. The first-order valence-electron chi connectivity index (χ1n) is 11.0. The second-order valence-electron chi connectivity index (χ2n) is 9.30. The fourth-order valence-electron chi connectivity index (χ4n) is 5.15. The molecule has 1 spiro atoms. The van der Waals surface area contributed by atoms with Crippen LogP contribution >= 0.6 is 0 Å². The van der Waals surface area contributed by atoms with E-state index in [1.54, 1.807) is 0 Å². The number of urea groups is 1. The molecule has 0 aromatic carbocycles. The van der Waals surface area contributed by atoms with Gasteiger partial charge in [-0.2, -0.15) is 0 Å². The third kappa shape index (κ3) is 4.34. The second kappa shape index (κ2) is 7.77. The molecule has 0 atom stereocenters. The number of nitrogens with one attached hydrogen (secondary N) is 1. The quantitative estimate of drug-likeness (QED) is 0.836. The average Bonchev–Trinajstić information content (AvgIpc) is 3.49. The number of likely N-dealkylation sites (tertiary alicyclic amines) is 2. The number of hydrogen-bond acceptors (Lipinski definition) is 2. The molecule has 0 bridgehead atoms. The molecule has 146 valence electrons. The Kier molecular flexibility index (Phi) is 5.42. The number of hydrogen-bond donors (Lipinski definition) is 1. The van der Waals surface area contributed by atoms with E-state index in [9.17, 15) is 9.59 Å². The first kappa shape index (κ1) is 18.1. The summed E-state index contributed by atoms with van der Waals surface area (Å²) in [5.74, 6) is 1.14. The fourth-order valence-corrected chi connectivity index (χ4v) is 5.15. The molecule has 0 aromatic rings. The molecule has 2 saturated heterocycles. The second-order valence-corrected chi connectivity index (χ2v) is 9.30. The lowest BCUT2D eigenvalue weighted by Crippen LogP contribution is -2.50. The number of piperidine rings is 1. The predicted molar refractivity (Wildman–Crippen MR) is 102 cm³/mol. The highest BCUT2D eigenvalue weighted by atomic mass is 16.2. The maximum absolute atomic E-state index is 12.6. The largest absolute Gasteiger partial charge is 0.342 e. The predicted octanol–water partition coefficient (Wildman–Crippen LogP) is 3.53. The van der Waals surface area contributed by atoms with E-state index in [4.69, 9.17) is 0 Å². The smallest absolute Gasteiger partial charge is 0.317 e. The molecule has 2 heterocycles. The average molecular weight is 362 g/mol. The number of carbonyl (C=O) groups is 2. The molecule has 2 aliphatic carbocycles. The number of nitrogens with zero attached hydrogens (tertiary/aromatic N) is 2. The molecular formula is C21H35N3O2. The third-order valence-electron chi connectivity index (χ3n) is 7.35. The van der Waals surface area contributed by atoms with Crippen molar-refractivity contribution in [2.45, 2.75) is 83.1 Å². The molecule has 5 nitrogen and oxygen atoms in total. The first-order valence-corrected chi connectivity index (χ1v) is 11.0. The Bertz CT molecular complexity index is 517. The summed E-state index contributed by atoms with van der Waals surface area (Å²) in [6.45, 7) is 3.64. The summed E-state index contributed by atoms with van der Waals surface area (Å²) >= 11 is 0. The van der Waals surface area contributed by atoms with Crippen LogP contribution in [0.5, 0.6) is 0 Å². The monoisotopic (exact) mass is 361 g/mol. The minimum absolute atomic E-state index is 0.145. The molecule has 5 heteroatoms. The lowest BCUT2D eigenvalue weighted by Gasteiger charge is -2.42. The van der Waals surface area contributed by atoms with Crippen molar-refractivity contribution in [3.8, 4) is 0 Å². The Morgan fingerprint density at radius 1 is 0.962 bits per heavy atom. The zero-order valence-electron chi connectivity index (χ0n) is 16.2. The molecule has 1 N–H and O–H groups in total. The van der Waals surface area contributed by atoms with Gasteiger partial charge in [0.1, 0.15) is 0 Å². The molecule has 2 aliphatic heterocycles. The maximum atomic E-state index is 12.6. The van der Waals surface area contributed by atoms with Gasteiger partial charge in [0.05, 0.1) is 0 Å². The van der Waals surface area contributed by atoms with Crippen molar-refractivity contribution in [2.75, 3.05) is 26.2 Å². The van der Waals surface area contributed by atoms with Gasteiger partial charge in [0.15, 0.2) is 0 Å². The highest BCUT2D eigenvalue weighted by Gasteiger charge is 2.40. The van der Waals surface area contributed by atoms with Crippen molar-refractivity contribution in [1.82, 2.24) is 15.1 Å². The van der Waals surface area contributed by atoms with E-state index < -0.39 is 0 Å². The van der Waals surface area contributed by atoms with E-state index in [0.717, 1.165) is 70.6 Å². The number of amides is 3.